The van der Waals surface area contributed by atoms with Gasteiger partial charge in [0.25, 0.3) is 0 Å². The van der Waals surface area contributed by atoms with Crippen molar-refractivity contribution in [2.75, 3.05) is 25.0 Å². The first-order valence-corrected chi connectivity index (χ1v) is 8.03. The van der Waals surface area contributed by atoms with Crippen LogP contribution in [0.1, 0.15) is 18.6 Å². The summed E-state index contributed by atoms with van der Waals surface area (Å²) in [7, 11) is 1.81. The lowest BCUT2D eigenvalue weighted by molar-refractivity contribution is -0.135. The number of hydrogen-bond acceptors (Lipinski definition) is 5. The number of anilines is 1. The molecular weight excluding hydrogens is 316 g/mol. The highest BCUT2D eigenvalue weighted by Crippen LogP contribution is 2.23. The van der Waals surface area contributed by atoms with Crippen LogP contribution >= 0.6 is 11.6 Å². The van der Waals surface area contributed by atoms with Gasteiger partial charge in [0, 0.05) is 20.1 Å². The summed E-state index contributed by atoms with van der Waals surface area (Å²) in [4.78, 5) is 16.5. The second-order valence-electron chi connectivity index (χ2n) is 5.77. The second kappa shape index (κ2) is 7.00. The Balaban J connectivity index is 1.63. The SMILES string of the molecule is CN(Cc1ccco1)C(=O)C1CCCN(c2ccc(Cl)nn2)C1. The maximum atomic E-state index is 12.7. The molecule has 6 nitrogen and oxygen atoms in total. The fourth-order valence-electron chi connectivity index (χ4n) is 2.89. The summed E-state index contributed by atoms with van der Waals surface area (Å²) in [5, 5.41) is 8.35. The van der Waals surface area contributed by atoms with E-state index >= 15 is 0 Å². The van der Waals surface area contributed by atoms with Crippen molar-refractivity contribution in [2.45, 2.75) is 19.4 Å². The predicted octanol–water partition coefficient (Wildman–Crippen LogP) is 2.60. The van der Waals surface area contributed by atoms with E-state index in [9.17, 15) is 4.79 Å². The molecule has 0 aromatic carbocycles. The molecule has 1 aliphatic heterocycles. The molecule has 23 heavy (non-hydrogen) atoms. The van der Waals surface area contributed by atoms with E-state index in [1.807, 2.05) is 25.2 Å². The molecule has 0 N–H and O–H groups in total. The van der Waals surface area contributed by atoms with Crippen LogP contribution in [-0.2, 0) is 11.3 Å². The zero-order valence-electron chi connectivity index (χ0n) is 13.0. The zero-order valence-corrected chi connectivity index (χ0v) is 13.7. The van der Waals surface area contributed by atoms with Gasteiger partial charge >= 0.3 is 0 Å². The molecule has 7 heteroatoms. The van der Waals surface area contributed by atoms with Gasteiger partial charge < -0.3 is 14.2 Å². The van der Waals surface area contributed by atoms with E-state index in [1.54, 1.807) is 17.2 Å². The number of piperidine rings is 1. The molecule has 1 saturated heterocycles. The molecule has 1 fully saturated rings. The maximum absolute atomic E-state index is 12.7. The van der Waals surface area contributed by atoms with Crippen LogP contribution in [0.3, 0.4) is 0 Å². The van der Waals surface area contributed by atoms with Crippen molar-refractivity contribution in [2.24, 2.45) is 5.92 Å². The molecule has 122 valence electrons. The normalized spacial score (nSPS) is 18.0. The first kappa shape index (κ1) is 15.8. The number of hydrogen-bond donors (Lipinski definition) is 0. The number of aromatic nitrogens is 2. The van der Waals surface area contributed by atoms with E-state index in [1.165, 1.54) is 0 Å². The van der Waals surface area contributed by atoms with E-state index in [0.29, 0.717) is 18.2 Å². The third-order valence-corrected chi connectivity index (χ3v) is 4.26. The van der Waals surface area contributed by atoms with Crippen LogP contribution in [0.4, 0.5) is 5.82 Å². The van der Waals surface area contributed by atoms with E-state index in [4.69, 9.17) is 16.0 Å². The fourth-order valence-corrected chi connectivity index (χ4v) is 2.99. The Bertz CT molecular complexity index is 645. The number of carbonyl (C=O) groups excluding carboxylic acids is 1. The van der Waals surface area contributed by atoms with Gasteiger partial charge in [-0.15, -0.1) is 10.2 Å². The summed E-state index contributed by atoms with van der Waals surface area (Å²) in [5.74, 6) is 1.65. The summed E-state index contributed by atoms with van der Waals surface area (Å²) in [6.07, 6.45) is 3.46. The summed E-state index contributed by atoms with van der Waals surface area (Å²) >= 11 is 5.78. The standard InChI is InChI=1S/C16H19ClN4O2/c1-20(11-13-5-3-9-23-13)16(22)12-4-2-8-21(10-12)15-7-6-14(17)18-19-15/h3,5-7,9,12H,2,4,8,10-11H2,1H3. The molecular formula is C16H19ClN4O2. The quantitative estimate of drug-likeness (QED) is 0.860. The molecule has 0 bridgehead atoms. The van der Waals surface area contributed by atoms with Crippen LogP contribution in [0.25, 0.3) is 0 Å². The van der Waals surface area contributed by atoms with E-state index in [0.717, 1.165) is 31.0 Å². The highest BCUT2D eigenvalue weighted by Gasteiger charge is 2.29. The minimum atomic E-state index is -0.0406. The van der Waals surface area contributed by atoms with E-state index < -0.39 is 0 Å². The van der Waals surface area contributed by atoms with Gasteiger partial charge in [0.05, 0.1) is 18.7 Å². The van der Waals surface area contributed by atoms with E-state index in [-0.39, 0.29) is 11.8 Å². The Morgan fingerprint density at radius 1 is 1.43 bits per heavy atom. The maximum Gasteiger partial charge on any atom is 0.227 e. The van der Waals surface area contributed by atoms with Gasteiger partial charge in [-0.3, -0.25) is 4.79 Å². The smallest absolute Gasteiger partial charge is 0.227 e. The van der Waals surface area contributed by atoms with E-state index in [2.05, 4.69) is 15.1 Å². The molecule has 0 radical (unpaired) electrons. The van der Waals surface area contributed by atoms with Gasteiger partial charge in [-0.1, -0.05) is 11.6 Å². The first-order valence-electron chi connectivity index (χ1n) is 7.65. The lowest BCUT2D eigenvalue weighted by atomic mass is 9.96. The van der Waals surface area contributed by atoms with Crippen molar-refractivity contribution in [1.29, 1.82) is 0 Å². The summed E-state index contributed by atoms with van der Waals surface area (Å²) in [6.45, 7) is 2.02. The van der Waals surface area contributed by atoms with Crippen molar-refractivity contribution >= 4 is 23.3 Å². The third kappa shape index (κ3) is 3.82. The molecule has 0 aliphatic carbocycles. The fraction of sp³-hybridized carbons (Fsp3) is 0.438. The molecule has 1 amide bonds. The average molecular weight is 335 g/mol. The summed E-state index contributed by atoms with van der Waals surface area (Å²) in [5.41, 5.74) is 0. The Morgan fingerprint density at radius 3 is 3.00 bits per heavy atom. The van der Waals surface area contributed by atoms with Gasteiger partial charge in [-0.25, -0.2) is 0 Å². The zero-order chi connectivity index (χ0) is 16.2. The highest BCUT2D eigenvalue weighted by molar-refractivity contribution is 6.29. The first-order chi connectivity index (χ1) is 11.1. The lowest BCUT2D eigenvalue weighted by Crippen LogP contribution is -2.43. The Kier molecular flexibility index (Phi) is 4.81. The third-order valence-electron chi connectivity index (χ3n) is 4.06. The van der Waals surface area contributed by atoms with Gasteiger partial charge in [0.2, 0.25) is 5.91 Å². The second-order valence-corrected chi connectivity index (χ2v) is 6.16. The largest absolute Gasteiger partial charge is 0.467 e. The Hall–Kier alpha value is -2.08. The Labute approximate surface area is 140 Å². The number of rotatable bonds is 4. The number of carbonyl (C=O) groups is 1. The van der Waals surface area contributed by atoms with Crippen LogP contribution < -0.4 is 4.90 Å². The predicted molar refractivity (Wildman–Crippen MR) is 87.2 cm³/mol. The average Bonchev–Trinajstić information content (AvgIpc) is 3.08. The number of amides is 1. The van der Waals surface area contributed by atoms with Gasteiger partial charge in [0.1, 0.15) is 5.76 Å². The lowest BCUT2D eigenvalue weighted by Gasteiger charge is -2.34. The Morgan fingerprint density at radius 2 is 2.30 bits per heavy atom. The molecule has 2 aromatic heterocycles. The summed E-state index contributed by atoms with van der Waals surface area (Å²) in [6, 6.07) is 7.27. The summed E-state index contributed by atoms with van der Waals surface area (Å²) < 4.78 is 5.31. The minimum absolute atomic E-state index is 0.0406. The monoisotopic (exact) mass is 334 g/mol. The van der Waals surface area contributed by atoms with Gasteiger partial charge in [-0.2, -0.15) is 0 Å². The van der Waals surface area contributed by atoms with Crippen LogP contribution in [0.2, 0.25) is 5.15 Å². The van der Waals surface area contributed by atoms with Crippen LogP contribution in [-0.4, -0.2) is 41.1 Å². The molecule has 3 rings (SSSR count). The molecule has 3 heterocycles. The molecule has 1 aliphatic rings. The van der Waals surface area contributed by atoms with Crippen molar-refractivity contribution in [3.63, 3.8) is 0 Å². The van der Waals surface area contributed by atoms with Gasteiger partial charge in [0.15, 0.2) is 11.0 Å². The van der Waals surface area contributed by atoms with Crippen molar-refractivity contribution in [1.82, 2.24) is 15.1 Å². The molecule has 0 spiro atoms. The molecule has 1 atom stereocenters. The van der Waals surface area contributed by atoms with Crippen molar-refractivity contribution in [3.05, 3.63) is 41.4 Å². The molecule has 1 unspecified atom stereocenters. The number of furan rings is 1. The number of halogens is 1. The van der Waals surface area contributed by atoms with Crippen molar-refractivity contribution < 1.29 is 9.21 Å². The molecule has 0 saturated carbocycles. The highest BCUT2D eigenvalue weighted by atomic mass is 35.5. The van der Waals surface area contributed by atoms with Crippen LogP contribution in [0, 0.1) is 5.92 Å². The van der Waals surface area contributed by atoms with Gasteiger partial charge in [-0.05, 0) is 37.1 Å². The molecule has 2 aromatic rings. The topological polar surface area (TPSA) is 62.5 Å². The van der Waals surface area contributed by atoms with Crippen molar-refractivity contribution in [3.8, 4) is 0 Å². The van der Waals surface area contributed by atoms with Crippen LogP contribution in [0.5, 0.6) is 0 Å². The minimum Gasteiger partial charge on any atom is -0.467 e. The van der Waals surface area contributed by atoms with Crippen LogP contribution in [0.15, 0.2) is 34.9 Å². The number of nitrogens with zero attached hydrogens (tertiary/aromatic N) is 4.